The van der Waals surface area contributed by atoms with Gasteiger partial charge in [0.05, 0.1) is 27.8 Å². The zero-order valence-electron chi connectivity index (χ0n) is 41.4. The van der Waals surface area contributed by atoms with E-state index in [1.165, 1.54) is 82.7 Å². The zero-order chi connectivity index (χ0) is 49.8. The fraction of sp³-hybridized carbons (Fsp3) is 0.0278. The molecule has 11 aromatic carbocycles. The summed E-state index contributed by atoms with van der Waals surface area (Å²) < 4.78 is 12.4. The molecule has 1 atom stereocenters. The number of para-hydroxylation sites is 6. The second-order valence-corrected chi connectivity index (χ2v) is 20.3. The molecule has 2 aliphatic rings. The molecule has 14 aromatic rings. The van der Waals surface area contributed by atoms with Gasteiger partial charge < -0.3 is 18.5 Å². The molecule has 0 N–H and O–H groups in total. The highest BCUT2D eigenvalue weighted by atomic mass is 16.3. The summed E-state index contributed by atoms with van der Waals surface area (Å²) in [5, 5.41) is 7.10. The molecule has 0 bridgehead atoms. The molecule has 0 fully saturated rings. The Morgan fingerprint density at radius 1 is 0.382 bits per heavy atom. The lowest BCUT2D eigenvalue weighted by Gasteiger charge is -2.28. The number of anilines is 3. The van der Waals surface area contributed by atoms with Crippen LogP contribution in [0.25, 0.3) is 121 Å². The minimum Gasteiger partial charge on any atom is -0.455 e. The first kappa shape index (κ1) is 42.6. The molecule has 0 spiro atoms. The minimum atomic E-state index is 0.190. The van der Waals surface area contributed by atoms with Gasteiger partial charge in [0, 0.05) is 83.2 Å². The molecule has 1 unspecified atom stereocenters. The van der Waals surface area contributed by atoms with Gasteiger partial charge in [-0.05, 0) is 113 Å². The van der Waals surface area contributed by atoms with Crippen molar-refractivity contribution in [2.24, 2.45) is 0 Å². The van der Waals surface area contributed by atoms with Crippen molar-refractivity contribution in [1.82, 2.24) is 9.13 Å². The van der Waals surface area contributed by atoms with Gasteiger partial charge in [-0.25, -0.2) is 0 Å². The van der Waals surface area contributed by atoms with Gasteiger partial charge in [0.15, 0.2) is 0 Å². The third kappa shape index (κ3) is 6.44. The molecule has 0 saturated carbocycles. The van der Waals surface area contributed by atoms with E-state index in [0.717, 1.165) is 67.8 Å². The van der Waals surface area contributed by atoms with Crippen LogP contribution in [0.4, 0.5) is 17.1 Å². The van der Waals surface area contributed by atoms with Gasteiger partial charge in [-0.3, -0.25) is 0 Å². The smallest absolute Gasteiger partial charge is 0.143 e. The van der Waals surface area contributed by atoms with Crippen LogP contribution in [-0.2, 0) is 0 Å². The molecule has 1 aliphatic carbocycles. The first-order valence-corrected chi connectivity index (χ1v) is 26.4. The summed E-state index contributed by atoms with van der Waals surface area (Å²) in [7, 11) is 0. The molecule has 4 heteroatoms. The molecule has 0 saturated heterocycles. The lowest BCUT2D eigenvalue weighted by Crippen LogP contribution is -2.11. The van der Waals surface area contributed by atoms with Crippen molar-refractivity contribution >= 4 is 82.6 Å². The van der Waals surface area contributed by atoms with Gasteiger partial charge in [-0.1, -0.05) is 188 Å². The number of hydrogen-bond acceptors (Lipinski definition) is 2. The molecule has 4 nitrogen and oxygen atoms in total. The van der Waals surface area contributed by atoms with Crippen molar-refractivity contribution in [1.29, 1.82) is 0 Å². The maximum absolute atomic E-state index is 7.51. The Bertz CT molecular complexity index is 4720. The normalized spacial score (nSPS) is 13.8. The molecule has 356 valence electrons. The SMILES string of the molecule is C1=CCC(c2cc(-c3cccc4c3oc3c5c(ccc34)-c3ccccc3-n3c4ccccc4c4cccc-5c43)cc(N(c3ccc(-c4ccccc4)cc3)c3ccc4c(c3)c3ccccc3n4-c3ccccc3)c2)C=C1. The predicted molar refractivity (Wildman–Crippen MR) is 318 cm³/mol. The highest BCUT2D eigenvalue weighted by Gasteiger charge is 2.29. The van der Waals surface area contributed by atoms with Crippen LogP contribution >= 0.6 is 0 Å². The van der Waals surface area contributed by atoms with Gasteiger partial charge in [0.2, 0.25) is 0 Å². The number of fused-ring (bicyclic) bond motifs is 15. The van der Waals surface area contributed by atoms with E-state index in [2.05, 4.69) is 281 Å². The highest BCUT2D eigenvalue weighted by Crippen LogP contribution is 2.52. The molecule has 1 aliphatic heterocycles. The minimum absolute atomic E-state index is 0.190. The van der Waals surface area contributed by atoms with E-state index in [0.29, 0.717) is 0 Å². The molecule has 3 aromatic heterocycles. The van der Waals surface area contributed by atoms with Gasteiger partial charge in [-0.15, -0.1) is 0 Å². The maximum atomic E-state index is 7.51. The van der Waals surface area contributed by atoms with Crippen LogP contribution in [0.1, 0.15) is 17.9 Å². The molecular weight excluding hydrogens is 923 g/mol. The van der Waals surface area contributed by atoms with Crippen molar-refractivity contribution in [2.75, 3.05) is 4.90 Å². The van der Waals surface area contributed by atoms with Crippen LogP contribution in [0.3, 0.4) is 0 Å². The van der Waals surface area contributed by atoms with E-state index in [9.17, 15) is 0 Å². The Morgan fingerprint density at radius 2 is 1.03 bits per heavy atom. The Morgan fingerprint density at radius 3 is 1.84 bits per heavy atom. The summed E-state index contributed by atoms with van der Waals surface area (Å²) in [6.07, 6.45) is 9.92. The lowest BCUT2D eigenvalue weighted by molar-refractivity contribution is 0.671. The standard InChI is InChI=1S/C72H47N3O/c1-4-18-46(19-5-1)48-34-36-52(37-35-48)73(53-38-41-68-64(45-53)58-26-12-13-31-65(58)74(68)51-22-8-3-9-23-51)54-43-49(47-20-6-2-7-21-47)42-50(44-54)55-27-16-29-61-62-40-39-59-56-24-10-14-32-66(56)75-67-33-15-11-25-57(67)60-28-17-30-63(70(60)75)69(59)72(62)76-71(55)61/h1-20,22-45,47H,21H2. The number of hydrogen-bond donors (Lipinski definition) is 0. The van der Waals surface area contributed by atoms with Crippen molar-refractivity contribution in [3.8, 4) is 55.9 Å². The number of nitrogens with zero attached hydrogens (tertiary/aromatic N) is 3. The van der Waals surface area contributed by atoms with Crippen LogP contribution < -0.4 is 4.90 Å². The van der Waals surface area contributed by atoms with E-state index >= 15 is 0 Å². The fourth-order valence-electron chi connectivity index (χ4n) is 12.7. The van der Waals surface area contributed by atoms with E-state index in [1.54, 1.807) is 0 Å². The monoisotopic (exact) mass is 969 g/mol. The van der Waals surface area contributed by atoms with Crippen molar-refractivity contribution in [2.45, 2.75) is 12.3 Å². The third-order valence-electron chi connectivity index (χ3n) is 16.1. The quantitative estimate of drug-likeness (QED) is 0.159. The van der Waals surface area contributed by atoms with Gasteiger partial charge in [-0.2, -0.15) is 0 Å². The molecule has 16 rings (SSSR count). The summed E-state index contributed by atoms with van der Waals surface area (Å²) in [5.41, 5.74) is 22.5. The summed E-state index contributed by atoms with van der Waals surface area (Å²) in [4.78, 5) is 2.45. The summed E-state index contributed by atoms with van der Waals surface area (Å²) in [6.45, 7) is 0. The largest absolute Gasteiger partial charge is 0.455 e. The second-order valence-electron chi connectivity index (χ2n) is 20.3. The Hall–Kier alpha value is -9.90. The number of rotatable bonds is 7. The fourth-order valence-corrected chi connectivity index (χ4v) is 12.7. The topological polar surface area (TPSA) is 26.2 Å². The second kappa shape index (κ2) is 16.8. The molecule has 0 radical (unpaired) electrons. The van der Waals surface area contributed by atoms with E-state index in [4.69, 9.17) is 4.42 Å². The summed E-state index contributed by atoms with van der Waals surface area (Å²) >= 11 is 0. The maximum Gasteiger partial charge on any atom is 0.143 e. The van der Waals surface area contributed by atoms with Crippen molar-refractivity contribution in [3.63, 3.8) is 0 Å². The van der Waals surface area contributed by atoms with Gasteiger partial charge >= 0.3 is 0 Å². The van der Waals surface area contributed by atoms with E-state index in [1.807, 2.05) is 0 Å². The molecule has 4 heterocycles. The van der Waals surface area contributed by atoms with Crippen molar-refractivity contribution in [3.05, 3.63) is 273 Å². The molecule has 0 amide bonds. The predicted octanol–water partition coefficient (Wildman–Crippen LogP) is 19.8. The van der Waals surface area contributed by atoms with E-state index in [-0.39, 0.29) is 5.92 Å². The Kier molecular flexibility index (Phi) is 9.43. The molecular formula is C72H47N3O. The number of aromatic nitrogens is 2. The molecule has 76 heavy (non-hydrogen) atoms. The highest BCUT2D eigenvalue weighted by molar-refractivity contribution is 6.22. The number of allylic oxidation sites excluding steroid dienone is 4. The first-order chi connectivity index (χ1) is 37.7. The third-order valence-corrected chi connectivity index (χ3v) is 16.1. The van der Waals surface area contributed by atoms with Crippen LogP contribution in [0, 0.1) is 0 Å². The summed E-state index contributed by atoms with van der Waals surface area (Å²) in [5.74, 6) is 0.190. The zero-order valence-corrected chi connectivity index (χ0v) is 41.4. The first-order valence-electron chi connectivity index (χ1n) is 26.4. The number of benzene rings is 11. The van der Waals surface area contributed by atoms with Crippen LogP contribution in [0.5, 0.6) is 0 Å². The van der Waals surface area contributed by atoms with Crippen LogP contribution in [0.15, 0.2) is 271 Å². The van der Waals surface area contributed by atoms with Crippen LogP contribution in [-0.4, -0.2) is 9.13 Å². The van der Waals surface area contributed by atoms with Gasteiger partial charge in [0.1, 0.15) is 11.2 Å². The Balaban J connectivity index is 0.934. The van der Waals surface area contributed by atoms with Crippen LogP contribution in [0.2, 0.25) is 0 Å². The van der Waals surface area contributed by atoms with Crippen molar-refractivity contribution < 1.29 is 4.42 Å². The van der Waals surface area contributed by atoms with Gasteiger partial charge in [0.25, 0.3) is 0 Å². The summed E-state index contributed by atoms with van der Waals surface area (Å²) in [6, 6.07) is 89.1. The van der Waals surface area contributed by atoms with E-state index < -0.39 is 0 Å². The lowest BCUT2D eigenvalue weighted by atomic mass is 9.89. The number of furan rings is 1. The average molecular weight is 970 g/mol. The Labute approximate surface area is 439 Å². The average Bonchev–Trinajstić information content (AvgIpc) is 4.24.